The van der Waals surface area contributed by atoms with Crippen LogP contribution in [0.15, 0.2) is 53.4 Å². The number of nitrogens with zero attached hydrogens (tertiary/aromatic N) is 1. The molecule has 2 aromatic carbocycles. The number of anilines is 1. The van der Waals surface area contributed by atoms with E-state index in [4.69, 9.17) is 0 Å². The second kappa shape index (κ2) is 13.7. The third kappa shape index (κ3) is 8.02. The van der Waals surface area contributed by atoms with E-state index in [0.717, 1.165) is 6.42 Å². The third-order valence-corrected chi connectivity index (χ3v) is 10.3. The van der Waals surface area contributed by atoms with Crippen LogP contribution in [0, 0.1) is 11.8 Å². The number of ether oxygens (including phenoxy) is 1. The minimum atomic E-state index is -3.38. The maximum absolute atomic E-state index is 13.7. The Morgan fingerprint density at radius 1 is 1.02 bits per heavy atom. The predicted molar refractivity (Wildman–Crippen MR) is 151 cm³/mol. The lowest BCUT2D eigenvalue weighted by atomic mass is 9.74. The number of aliphatic hydroxyl groups is 1. The summed E-state index contributed by atoms with van der Waals surface area (Å²) in [5.41, 5.74) is 1.57. The zero-order valence-electron chi connectivity index (χ0n) is 23.5. The van der Waals surface area contributed by atoms with Gasteiger partial charge in [-0.25, -0.2) is 17.2 Å². The number of halogens is 4. The minimum absolute atomic E-state index is 0.0416. The van der Waals surface area contributed by atoms with Crippen molar-refractivity contribution in [1.29, 1.82) is 0 Å². The fraction of sp³-hybridized carbons (Fsp3) is 0.567. The van der Waals surface area contributed by atoms with Crippen LogP contribution in [0.2, 0.25) is 0 Å². The Bertz CT molecular complexity index is 1280. The predicted octanol–water partition coefficient (Wildman–Crippen LogP) is 5.59. The number of amides is 1. The van der Waals surface area contributed by atoms with Crippen LogP contribution in [-0.4, -0.2) is 63.5 Å². The summed E-state index contributed by atoms with van der Waals surface area (Å²) in [6, 6.07) is 11.5. The first-order valence-electron chi connectivity index (χ1n) is 14.3. The molecular formula is C30H38F4N2O5S. The van der Waals surface area contributed by atoms with Crippen LogP contribution in [0.4, 0.5) is 23.2 Å². The number of rotatable bonds is 11. The van der Waals surface area contributed by atoms with Crippen molar-refractivity contribution in [2.75, 3.05) is 30.4 Å². The largest absolute Gasteiger partial charge is 0.394 e. The van der Waals surface area contributed by atoms with E-state index in [1.807, 2.05) is 4.90 Å². The molecule has 4 rings (SSSR count). The summed E-state index contributed by atoms with van der Waals surface area (Å²) in [4.78, 5) is 15.1. The number of sulfone groups is 1. The van der Waals surface area contributed by atoms with Crippen molar-refractivity contribution in [3.63, 3.8) is 0 Å². The van der Waals surface area contributed by atoms with Gasteiger partial charge in [0, 0.05) is 30.6 Å². The summed E-state index contributed by atoms with van der Waals surface area (Å²) in [6.07, 6.45) is 1.94. The van der Waals surface area contributed by atoms with Gasteiger partial charge in [-0.1, -0.05) is 19.1 Å². The Balaban J connectivity index is 1.45. The molecule has 2 N–H and O–H groups in total. The van der Waals surface area contributed by atoms with Crippen LogP contribution in [0.5, 0.6) is 0 Å². The van der Waals surface area contributed by atoms with Crippen molar-refractivity contribution in [3.8, 4) is 0 Å². The summed E-state index contributed by atoms with van der Waals surface area (Å²) in [5, 5.41) is 12.7. The Morgan fingerprint density at radius 3 is 2.24 bits per heavy atom. The lowest BCUT2D eigenvalue weighted by Crippen LogP contribution is -2.48. The smallest absolute Gasteiger partial charge is 0.345 e. The highest BCUT2D eigenvalue weighted by molar-refractivity contribution is 7.91. The highest BCUT2D eigenvalue weighted by Crippen LogP contribution is 2.43. The number of carbonyl (C=O) groups is 1. The number of nitrogens with one attached hydrogen (secondary N) is 1. The van der Waals surface area contributed by atoms with E-state index in [9.17, 15) is 35.9 Å². The number of alkyl halides is 4. The lowest BCUT2D eigenvalue weighted by Gasteiger charge is -2.45. The van der Waals surface area contributed by atoms with Gasteiger partial charge < -0.3 is 20.1 Å². The molecule has 1 aliphatic carbocycles. The highest BCUT2D eigenvalue weighted by atomic mass is 32.2. The maximum Gasteiger partial charge on any atom is 0.345 e. The molecule has 1 saturated heterocycles. The van der Waals surface area contributed by atoms with Crippen molar-refractivity contribution in [1.82, 2.24) is 5.32 Å². The molecule has 0 aromatic heterocycles. The van der Waals surface area contributed by atoms with E-state index in [1.165, 1.54) is 12.1 Å². The molecule has 1 unspecified atom stereocenters. The normalized spacial score (nSPS) is 22.2. The Hall–Kier alpha value is -2.70. The van der Waals surface area contributed by atoms with Gasteiger partial charge >= 0.3 is 6.61 Å². The molecular weight excluding hydrogens is 576 g/mol. The standard InChI is InChI=1S/C30H38F4N2O5S/c1-2-42(39,40)26-11-6-21(7-12-26)27(18-37)35-28(38)22-3-8-24(9-4-22)36-17-23(5-10-25(36)19-41-29(31)32)20-13-15-30(33,34)16-14-20/h3-4,6-9,11-12,20,23,25,27,29,37H,2,5,10,13-19H2,1H3,(H,35,38)/t23?,25-,27-/m0/s1. The van der Waals surface area contributed by atoms with Gasteiger partial charge in [0.15, 0.2) is 9.84 Å². The summed E-state index contributed by atoms with van der Waals surface area (Å²) >= 11 is 0. The van der Waals surface area contributed by atoms with Gasteiger partial charge in [-0.05, 0) is 79.5 Å². The quantitative estimate of drug-likeness (QED) is 0.321. The average Bonchev–Trinajstić information content (AvgIpc) is 2.99. The van der Waals surface area contributed by atoms with Crippen LogP contribution in [-0.2, 0) is 14.6 Å². The zero-order valence-corrected chi connectivity index (χ0v) is 24.3. The monoisotopic (exact) mass is 614 g/mol. The van der Waals surface area contributed by atoms with Gasteiger partial charge in [0.05, 0.1) is 35.9 Å². The molecule has 7 nitrogen and oxygen atoms in total. The molecule has 12 heteroatoms. The van der Waals surface area contributed by atoms with E-state index >= 15 is 0 Å². The van der Waals surface area contributed by atoms with Crippen LogP contribution in [0.25, 0.3) is 0 Å². The van der Waals surface area contributed by atoms with Crippen molar-refractivity contribution < 1.29 is 40.6 Å². The molecule has 1 aliphatic heterocycles. The lowest BCUT2D eigenvalue weighted by molar-refractivity contribution is -0.133. The van der Waals surface area contributed by atoms with Gasteiger partial charge in [0.2, 0.25) is 5.92 Å². The molecule has 232 valence electrons. The molecule has 42 heavy (non-hydrogen) atoms. The minimum Gasteiger partial charge on any atom is -0.394 e. The number of aliphatic hydroxyl groups excluding tert-OH is 1. The summed E-state index contributed by atoms with van der Waals surface area (Å²) in [5.74, 6) is -2.83. The molecule has 3 atom stereocenters. The van der Waals surface area contributed by atoms with Gasteiger partial charge in [-0.15, -0.1) is 0 Å². The molecule has 0 spiro atoms. The highest BCUT2D eigenvalue weighted by Gasteiger charge is 2.40. The SMILES string of the molecule is CCS(=O)(=O)c1ccc([C@H](CO)NC(=O)c2ccc(N3CC(C4CCC(F)(F)CC4)CC[C@H]3COC(F)F)cc2)cc1. The van der Waals surface area contributed by atoms with E-state index in [0.29, 0.717) is 42.6 Å². The number of hydrogen-bond acceptors (Lipinski definition) is 6. The molecule has 1 saturated carbocycles. The van der Waals surface area contributed by atoms with Crippen molar-refractivity contribution in [2.24, 2.45) is 11.8 Å². The van der Waals surface area contributed by atoms with E-state index in [2.05, 4.69) is 10.1 Å². The molecule has 1 heterocycles. The van der Waals surface area contributed by atoms with E-state index in [-0.39, 0.29) is 48.0 Å². The van der Waals surface area contributed by atoms with Crippen LogP contribution in [0.1, 0.15) is 67.4 Å². The molecule has 2 fully saturated rings. The number of piperidine rings is 1. The van der Waals surface area contributed by atoms with Crippen molar-refractivity contribution in [3.05, 3.63) is 59.7 Å². The third-order valence-electron chi connectivity index (χ3n) is 8.56. The Kier molecular flexibility index (Phi) is 10.5. The van der Waals surface area contributed by atoms with Gasteiger partial charge in [0.25, 0.3) is 5.91 Å². The average molecular weight is 615 g/mol. The number of carbonyl (C=O) groups excluding carboxylic acids is 1. The van der Waals surface area contributed by atoms with Gasteiger partial charge in [0.1, 0.15) is 0 Å². The molecule has 0 bridgehead atoms. The Labute approximate surface area is 244 Å². The second-order valence-corrected chi connectivity index (χ2v) is 13.4. The topological polar surface area (TPSA) is 95.9 Å². The summed E-state index contributed by atoms with van der Waals surface area (Å²) < 4.78 is 81.9. The van der Waals surface area contributed by atoms with Gasteiger partial charge in [-0.2, -0.15) is 8.78 Å². The number of hydrogen-bond donors (Lipinski definition) is 2. The summed E-state index contributed by atoms with van der Waals surface area (Å²) in [6.45, 7) is -1.41. The zero-order chi connectivity index (χ0) is 30.5. The van der Waals surface area contributed by atoms with E-state index in [1.54, 1.807) is 43.3 Å². The van der Waals surface area contributed by atoms with Gasteiger partial charge in [-0.3, -0.25) is 4.79 Å². The fourth-order valence-corrected chi connectivity index (χ4v) is 6.89. The number of benzene rings is 2. The first-order chi connectivity index (χ1) is 19.9. The second-order valence-electron chi connectivity index (χ2n) is 11.2. The first-order valence-corrected chi connectivity index (χ1v) is 16.0. The first kappa shape index (κ1) is 32.2. The van der Waals surface area contributed by atoms with Crippen LogP contribution < -0.4 is 10.2 Å². The molecule has 1 amide bonds. The summed E-state index contributed by atoms with van der Waals surface area (Å²) in [7, 11) is -3.38. The molecule has 0 radical (unpaired) electrons. The molecule has 2 aromatic rings. The Morgan fingerprint density at radius 2 is 1.67 bits per heavy atom. The van der Waals surface area contributed by atoms with Crippen LogP contribution >= 0.6 is 0 Å². The van der Waals surface area contributed by atoms with Crippen LogP contribution in [0.3, 0.4) is 0 Å². The maximum atomic E-state index is 13.7. The van der Waals surface area contributed by atoms with Crippen molar-refractivity contribution in [2.45, 2.75) is 75.0 Å². The van der Waals surface area contributed by atoms with E-state index < -0.39 is 40.9 Å². The fourth-order valence-electron chi connectivity index (χ4n) is 6.00. The van der Waals surface area contributed by atoms with Crippen molar-refractivity contribution >= 4 is 21.4 Å². The molecule has 2 aliphatic rings.